The molecule has 0 radical (unpaired) electrons. The predicted octanol–water partition coefficient (Wildman–Crippen LogP) is -2.66. The summed E-state index contributed by atoms with van der Waals surface area (Å²) in [6.45, 7) is 4.49. The number of allylic oxidation sites excluding steroid dienone is 4. The first-order valence-corrected chi connectivity index (χ1v) is 5.14. The molecule has 3 heteroatoms. The Balaban J connectivity index is 0. The molecule has 13 heavy (non-hydrogen) atoms. The van der Waals surface area contributed by atoms with Gasteiger partial charge in [0, 0.05) is 0 Å². The maximum atomic E-state index is 2.39. The molecular weight excluding hydrogens is 328 g/mol. The Morgan fingerprint density at radius 1 is 1.38 bits per heavy atom. The third kappa shape index (κ3) is 4.97. The van der Waals surface area contributed by atoms with Gasteiger partial charge in [-0.15, -0.1) is 0 Å². The van der Waals surface area contributed by atoms with Crippen LogP contribution in [0.3, 0.4) is 0 Å². The van der Waals surface area contributed by atoms with E-state index in [1.54, 1.807) is 15.0 Å². The van der Waals surface area contributed by atoms with Gasteiger partial charge in [0.15, 0.2) is 0 Å². The van der Waals surface area contributed by atoms with Crippen LogP contribution < -0.4 is 34.0 Å². The molecule has 0 spiro atoms. The van der Waals surface area contributed by atoms with E-state index in [0.717, 1.165) is 0 Å². The summed E-state index contributed by atoms with van der Waals surface area (Å²) in [6.07, 6.45) is 7.53. The van der Waals surface area contributed by atoms with Crippen LogP contribution in [0.4, 0.5) is 0 Å². The molecule has 0 saturated heterocycles. The fraction of sp³-hybridized carbons (Fsp3) is 0.600. The normalized spacial score (nSPS) is 14.9. The molecule has 0 aromatic heterocycles. The summed E-state index contributed by atoms with van der Waals surface area (Å²) in [6, 6.07) is 0. The van der Waals surface area contributed by atoms with E-state index in [4.69, 9.17) is 0 Å². The molecule has 0 aromatic rings. The quantitative estimate of drug-likeness (QED) is 0.491. The van der Waals surface area contributed by atoms with Gasteiger partial charge in [-0.1, -0.05) is 0 Å². The van der Waals surface area contributed by atoms with E-state index in [1.807, 2.05) is 0 Å². The van der Waals surface area contributed by atoms with Gasteiger partial charge < -0.3 is 34.0 Å². The predicted molar refractivity (Wildman–Crippen MR) is 44.9 cm³/mol. The SMILES string of the molecule is CCCCC1=CCC(C)=[C]1[Ti+2].[Br-].[Br-]. The van der Waals surface area contributed by atoms with Crippen molar-refractivity contribution < 1.29 is 54.4 Å². The van der Waals surface area contributed by atoms with Crippen LogP contribution in [0.5, 0.6) is 0 Å². The summed E-state index contributed by atoms with van der Waals surface area (Å²) in [4.78, 5) is 0. The zero-order chi connectivity index (χ0) is 8.27. The van der Waals surface area contributed by atoms with Crippen molar-refractivity contribution in [2.24, 2.45) is 0 Å². The molecule has 1 aliphatic rings. The topological polar surface area (TPSA) is 0 Å². The van der Waals surface area contributed by atoms with E-state index in [9.17, 15) is 0 Å². The first-order chi connectivity index (χ1) is 5.25. The summed E-state index contributed by atoms with van der Waals surface area (Å²) in [7, 11) is 0. The van der Waals surface area contributed by atoms with Crippen molar-refractivity contribution in [2.45, 2.75) is 39.5 Å². The molecule has 73 valence electrons. The largest absolute Gasteiger partial charge is 1.00 e. The number of hydrogen-bond acceptors (Lipinski definition) is 0. The van der Waals surface area contributed by atoms with Gasteiger partial charge in [0.25, 0.3) is 0 Å². The average Bonchev–Trinajstić information content (AvgIpc) is 2.31. The third-order valence-corrected chi connectivity index (χ3v) is 3.37. The van der Waals surface area contributed by atoms with E-state index in [2.05, 4.69) is 40.4 Å². The first-order valence-electron chi connectivity index (χ1n) is 4.36. The molecule has 0 amide bonds. The molecule has 0 saturated carbocycles. The third-order valence-electron chi connectivity index (χ3n) is 2.20. The van der Waals surface area contributed by atoms with Gasteiger partial charge in [-0.2, -0.15) is 0 Å². The van der Waals surface area contributed by atoms with Gasteiger partial charge in [0.1, 0.15) is 0 Å². The second-order valence-corrected chi connectivity index (χ2v) is 3.97. The zero-order valence-corrected chi connectivity index (χ0v) is 12.9. The van der Waals surface area contributed by atoms with Gasteiger partial charge in [-0.25, -0.2) is 0 Å². The van der Waals surface area contributed by atoms with E-state index < -0.39 is 0 Å². The maximum Gasteiger partial charge on any atom is -1.00 e. The number of rotatable bonds is 3. The fourth-order valence-electron chi connectivity index (χ4n) is 1.35. The zero-order valence-electron chi connectivity index (χ0n) is 8.16. The van der Waals surface area contributed by atoms with Crippen LogP contribution in [-0.4, -0.2) is 0 Å². The molecule has 0 aliphatic heterocycles. The smallest absolute Gasteiger partial charge is 1.00 e. The summed E-state index contributed by atoms with van der Waals surface area (Å²) < 4.78 is 1.55. The van der Waals surface area contributed by atoms with Gasteiger partial charge in [-0.3, -0.25) is 0 Å². The van der Waals surface area contributed by atoms with Crippen LogP contribution in [-0.2, 0) is 20.4 Å². The summed E-state index contributed by atoms with van der Waals surface area (Å²) in [5.41, 5.74) is 3.17. The summed E-state index contributed by atoms with van der Waals surface area (Å²) in [5, 5.41) is 0. The molecule has 0 N–H and O–H groups in total. The van der Waals surface area contributed by atoms with Crippen LogP contribution in [0.2, 0.25) is 0 Å². The number of halogens is 2. The Bertz CT molecular complexity index is 207. The van der Waals surface area contributed by atoms with Crippen molar-refractivity contribution in [3.05, 3.63) is 21.1 Å². The minimum atomic E-state index is 0. The molecule has 0 fully saturated rings. The van der Waals surface area contributed by atoms with E-state index in [0.29, 0.717) is 0 Å². The van der Waals surface area contributed by atoms with Gasteiger partial charge in [-0.05, 0) is 0 Å². The Labute approximate surface area is 114 Å². The van der Waals surface area contributed by atoms with E-state index in [-0.39, 0.29) is 34.0 Å². The Morgan fingerprint density at radius 3 is 2.38 bits per heavy atom. The molecule has 0 aromatic carbocycles. The minimum Gasteiger partial charge on any atom is -1.00 e. The number of unbranched alkanes of at least 4 members (excludes halogenated alkanes) is 1. The maximum absolute atomic E-state index is 2.39. The molecular formula is C10H15Br2Ti. The Morgan fingerprint density at radius 2 is 2.00 bits per heavy atom. The molecule has 0 heterocycles. The van der Waals surface area contributed by atoms with Crippen LogP contribution in [0.1, 0.15) is 39.5 Å². The summed E-state index contributed by atoms with van der Waals surface area (Å²) >= 11 is 2.25. The molecule has 0 bridgehead atoms. The van der Waals surface area contributed by atoms with Crippen molar-refractivity contribution in [2.75, 3.05) is 0 Å². The fourth-order valence-corrected chi connectivity index (χ4v) is 1.86. The van der Waals surface area contributed by atoms with Gasteiger partial charge in [0.05, 0.1) is 0 Å². The summed E-state index contributed by atoms with van der Waals surface area (Å²) in [5.74, 6) is 0. The monoisotopic (exact) mass is 341 g/mol. The van der Waals surface area contributed by atoms with Crippen LogP contribution in [0.25, 0.3) is 0 Å². The second kappa shape index (κ2) is 8.46. The Hall–Kier alpha value is 1.15. The van der Waals surface area contributed by atoms with Crippen molar-refractivity contribution in [1.82, 2.24) is 0 Å². The minimum absolute atomic E-state index is 0. The van der Waals surface area contributed by atoms with Crippen molar-refractivity contribution in [3.8, 4) is 0 Å². The van der Waals surface area contributed by atoms with Crippen molar-refractivity contribution in [1.29, 1.82) is 0 Å². The van der Waals surface area contributed by atoms with Crippen LogP contribution >= 0.6 is 0 Å². The van der Waals surface area contributed by atoms with E-state index >= 15 is 0 Å². The number of hydrogen-bond donors (Lipinski definition) is 0. The van der Waals surface area contributed by atoms with Gasteiger partial charge in [0.2, 0.25) is 0 Å². The van der Waals surface area contributed by atoms with Gasteiger partial charge >= 0.3 is 81.1 Å². The van der Waals surface area contributed by atoms with Crippen molar-refractivity contribution >= 4 is 0 Å². The van der Waals surface area contributed by atoms with Crippen molar-refractivity contribution in [3.63, 3.8) is 0 Å². The first kappa shape index (κ1) is 16.6. The Kier molecular flexibility index (Phi) is 10.8. The molecule has 0 unspecified atom stereocenters. The molecule has 0 atom stereocenters. The standard InChI is InChI=1S/C10H15.2BrH.Ti/c1-3-4-5-10-7-6-9(2)8-10;;;/h7H,3-6H2,1-2H3;2*1H;/q;;;+2/p-2. The molecule has 1 rings (SSSR count). The second-order valence-electron chi connectivity index (χ2n) is 3.19. The molecule has 1 aliphatic carbocycles. The van der Waals surface area contributed by atoms with E-state index in [1.165, 1.54) is 25.7 Å². The molecule has 0 nitrogen and oxygen atoms in total. The van der Waals surface area contributed by atoms with Crippen LogP contribution in [0, 0.1) is 0 Å². The average molecular weight is 343 g/mol. The van der Waals surface area contributed by atoms with Crippen LogP contribution in [0.15, 0.2) is 21.1 Å².